The van der Waals surface area contributed by atoms with Crippen LogP contribution in [0, 0.1) is 6.92 Å². The third-order valence-corrected chi connectivity index (χ3v) is 2.66. The molecule has 0 aliphatic heterocycles. The van der Waals surface area contributed by atoms with Gasteiger partial charge in [-0.1, -0.05) is 11.8 Å². The Kier molecular flexibility index (Phi) is 5.29. The summed E-state index contributed by atoms with van der Waals surface area (Å²) < 4.78 is 5.40. The highest BCUT2D eigenvalue weighted by atomic mass is 32.2. The van der Waals surface area contributed by atoms with Crippen LogP contribution in [0.5, 0.6) is 0 Å². The van der Waals surface area contributed by atoms with Crippen LogP contribution in [-0.2, 0) is 11.3 Å². The molecule has 1 aromatic heterocycles. The van der Waals surface area contributed by atoms with Gasteiger partial charge >= 0.3 is 0 Å². The number of ether oxygens (including phenoxy) is 1. The highest BCUT2D eigenvalue weighted by Gasteiger charge is 2.02. The van der Waals surface area contributed by atoms with Crippen molar-refractivity contribution in [2.45, 2.75) is 18.7 Å². The maximum Gasteiger partial charge on any atom is 0.187 e. The zero-order valence-electron chi connectivity index (χ0n) is 8.61. The number of aromatic nitrogens is 2. The Balaban J connectivity index is 2.59. The van der Waals surface area contributed by atoms with E-state index in [9.17, 15) is 0 Å². The van der Waals surface area contributed by atoms with Gasteiger partial charge in [0.15, 0.2) is 5.16 Å². The van der Waals surface area contributed by atoms with Gasteiger partial charge in [0.05, 0.1) is 12.5 Å². The summed E-state index contributed by atoms with van der Waals surface area (Å²) in [6.07, 6.45) is 5.83. The quantitative estimate of drug-likeness (QED) is 0.336. The molecule has 0 aliphatic carbocycles. The first-order chi connectivity index (χ1) is 6.77. The van der Waals surface area contributed by atoms with Gasteiger partial charge in [-0.25, -0.2) is 9.97 Å². The molecule has 0 unspecified atom stereocenters. The zero-order valence-corrected chi connectivity index (χ0v) is 10.2. The zero-order chi connectivity index (χ0) is 10.4. The van der Waals surface area contributed by atoms with Gasteiger partial charge in [0.1, 0.15) is 0 Å². The van der Waals surface area contributed by atoms with Crippen LogP contribution in [0.15, 0.2) is 11.4 Å². The second-order valence-electron chi connectivity index (χ2n) is 2.72. The molecule has 5 heteroatoms. The largest absolute Gasteiger partial charge is 0.366 e. The summed E-state index contributed by atoms with van der Waals surface area (Å²) in [6, 6.07) is 0. The van der Waals surface area contributed by atoms with E-state index in [4.69, 9.17) is 4.74 Å². The summed E-state index contributed by atoms with van der Waals surface area (Å²) >= 11 is 3.22. The maximum atomic E-state index is 5.40. The minimum Gasteiger partial charge on any atom is -0.366 e. The Hall–Kier alpha value is -0.260. The third-order valence-electron chi connectivity index (χ3n) is 1.70. The summed E-state index contributed by atoms with van der Waals surface area (Å²) in [5, 5.41) is 0.816. The lowest BCUT2D eigenvalue weighted by Crippen LogP contribution is -1.99. The van der Waals surface area contributed by atoms with Gasteiger partial charge in [-0.3, -0.25) is 0 Å². The van der Waals surface area contributed by atoms with Crippen LogP contribution < -0.4 is 0 Å². The highest BCUT2D eigenvalue weighted by Crippen LogP contribution is 2.12. The van der Waals surface area contributed by atoms with Crippen molar-refractivity contribution in [3.8, 4) is 0 Å². The van der Waals surface area contributed by atoms with Crippen LogP contribution in [-0.4, -0.2) is 28.4 Å². The van der Waals surface area contributed by atoms with E-state index >= 15 is 0 Å². The first kappa shape index (κ1) is 11.8. The van der Waals surface area contributed by atoms with E-state index in [1.807, 2.05) is 25.6 Å². The van der Waals surface area contributed by atoms with E-state index in [2.05, 4.69) is 9.97 Å². The summed E-state index contributed by atoms with van der Waals surface area (Å²) in [6.45, 7) is 2.58. The molecule has 1 rings (SSSR count). The average molecular weight is 230 g/mol. The number of rotatable bonds is 5. The van der Waals surface area contributed by atoms with E-state index < -0.39 is 0 Å². The molecule has 0 atom stereocenters. The first-order valence-corrected chi connectivity index (χ1v) is 6.83. The second kappa shape index (κ2) is 6.27. The lowest BCUT2D eigenvalue weighted by molar-refractivity contribution is 0.168. The number of nitrogens with zero attached hydrogens (tertiary/aromatic N) is 2. The molecule has 0 saturated carbocycles. The molecule has 0 fully saturated rings. The Morgan fingerprint density at radius 2 is 2.21 bits per heavy atom. The summed E-state index contributed by atoms with van der Waals surface area (Å²) in [5.41, 5.74) is 2.07. The molecule has 0 N–H and O–H groups in total. The summed E-state index contributed by atoms with van der Waals surface area (Å²) in [4.78, 5) is 8.54. The van der Waals surface area contributed by atoms with E-state index in [-0.39, 0.29) is 0 Å². The molecule has 0 radical (unpaired) electrons. The van der Waals surface area contributed by atoms with Gasteiger partial charge in [0, 0.05) is 17.5 Å². The molecule has 0 saturated heterocycles. The Bertz CT molecular complexity index is 294. The van der Waals surface area contributed by atoms with Crippen molar-refractivity contribution in [1.29, 1.82) is 0 Å². The molecule has 0 bridgehead atoms. The summed E-state index contributed by atoms with van der Waals surface area (Å²) in [7, 11) is 0. The molecule has 3 nitrogen and oxygen atoms in total. The van der Waals surface area contributed by atoms with Gasteiger partial charge in [-0.15, -0.1) is 11.8 Å². The van der Waals surface area contributed by atoms with Crippen molar-refractivity contribution in [2.75, 3.05) is 18.5 Å². The van der Waals surface area contributed by atoms with Crippen molar-refractivity contribution in [2.24, 2.45) is 0 Å². The second-order valence-corrected chi connectivity index (χ2v) is 4.31. The first-order valence-electron chi connectivity index (χ1n) is 4.21. The topological polar surface area (TPSA) is 35.0 Å². The van der Waals surface area contributed by atoms with Crippen LogP contribution in [0.1, 0.15) is 11.3 Å². The highest BCUT2D eigenvalue weighted by molar-refractivity contribution is 7.98. The van der Waals surface area contributed by atoms with Crippen molar-refractivity contribution >= 4 is 23.5 Å². The molecule has 0 aliphatic rings. The van der Waals surface area contributed by atoms with Gasteiger partial charge in [-0.2, -0.15) is 0 Å². The van der Waals surface area contributed by atoms with E-state index in [0.717, 1.165) is 16.4 Å². The normalized spacial score (nSPS) is 10.5. The lowest BCUT2D eigenvalue weighted by atomic mass is 10.3. The molecule has 0 spiro atoms. The number of thioether (sulfide) groups is 2. The predicted octanol–water partition coefficient (Wildman–Crippen LogP) is 2.34. The fourth-order valence-electron chi connectivity index (χ4n) is 0.946. The lowest BCUT2D eigenvalue weighted by Gasteiger charge is -2.05. The van der Waals surface area contributed by atoms with Crippen LogP contribution in [0.25, 0.3) is 0 Å². The number of aryl methyl sites for hydroxylation is 1. The van der Waals surface area contributed by atoms with Gasteiger partial charge in [0.25, 0.3) is 0 Å². The Morgan fingerprint density at radius 1 is 1.43 bits per heavy atom. The third kappa shape index (κ3) is 3.48. The maximum absolute atomic E-state index is 5.40. The van der Waals surface area contributed by atoms with Gasteiger partial charge < -0.3 is 4.74 Å². The van der Waals surface area contributed by atoms with E-state index in [0.29, 0.717) is 12.5 Å². The fraction of sp³-hybridized carbons (Fsp3) is 0.556. The smallest absolute Gasteiger partial charge is 0.187 e. The number of hydrogen-bond donors (Lipinski definition) is 0. The van der Waals surface area contributed by atoms with Crippen molar-refractivity contribution in [3.63, 3.8) is 0 Å². The molecular weight excluding hydrogens is 216 g/mol. The SMILES string of the molecule is CSCOCc1cnc(SC)nc1C. The molecular formula is C9H14N2OS2. The fourth-order valence-corrected chi connectivity index (χ4v) is 1.58. The van der Waals surface area contributed by atoms with Crippen LogP contribution in [0.2, 0.25) is 0 Å². The van der Waals surface area contributed by atoms with Crippen LogP contribution >= 0.6 is 23.5 Å². The van der Waals surface area contributed by atoms with Crippen molar-refractivity contribution in [3.05, 3.63) is 17.5 Å². The van der Waals surface area contributed by atoms with E-state index in [1.165, 1.54) is 0 Å². The van der Waals surface area contributed by atoms with Crippen LogP contribution in [0.4, 0.5) is 0 Å². The molecule has 0 aromatic carbocycles. The number of hydrogen-bond acceptors (Lipinski definition) is 5. The Morgan fingerprint density at radius 3 is 2.79 bits per heavy atom. The monoisotopic (exact) mass is 230 g/mol. The molecule has 1 heterocycles. The van der Waals surface area contributed by atoms with Gasteiger partial charge in [0.2, 0.25) is 0 Å². The average Bonchev–Trinajstić information content (AvgIpc) is 2.20. The molecule has 78 valence electrons. The molecule has 14 heavy (non-hydrogen) atoms. The van der Waals surface area contributed by atoms with Crippen LogP contribution in [0.3, 0.4) is 0 Å². The standard InChI is InChI=1S/C9H14N2OS2/c1-7-8(5-12-6-13-2)4-10-9(11-7)14-3/h4H,5-6H2,1-3H3. The minimum absolute atomic E-state index is 0.599. The molecule has 1 aromatic rings. The van der Waals surface area contributed by atoms with E-state index in [1.54, 1.807) is 23.5 Å². The minimum atomic E-state index is 0.599. The van der Waals surface area contributed by atoms with Crippen molar-refractivity contribution in [1.82, 2.24) is 9.97 Å². The Labute approximate surface area is 93.1 Å². The van der Waals surface area contributed by atoms with Crippen molar-refractivity contribution < 1.29 is 4.74 Å². The predicted molar refractivity (Wildman–Crippen MR) is 61.7 cm³/mol. The summed E-state index contributed by atoms with van der Waals surface area (Å²) in [5.74, 6) is 0.712. The molecule has 0 amide bonds. The van der Waals surface area contributed by atoms with Gasteiger partial charge in [-0.05, 0) is 19.4 Å².